The van der Waals surface area contributed by atoms with Crippen molar-refractivity contribution in [3.05, 3.63) is 23.9 Å². The average Bonchev–Trinajstić information content (AvgIpc) is 3.00. The minimum absolute atomic E-state index is 0.239. The number of aliphatic carboxylic acids is 1. The number of benzene rings is 1. The van der Waals surface area contributed by atoms with Crippen molar-refractivity contribution in [1.82, 2.24) is 15.2 Å². The SMILES string of the molecule is COc1ccc(OC)c2c1cc(C(=O)NC(C(=O)NCC(=O)O)C(C)C)n2C. The lowest BCUT2D eigenvalue weighted by Crippen LogP contribution is -2.50. The number of methoxy groups -OCH3 is 2. The summed E-state index contributed by atoms with van der Waals surface area (Å²) in [6.07, 6.45) is 0. The number of nitrogens with zero attached hydrogens (tertiary/aromatic N) is 1. The van der Waals surface area contributed by atoms with E-state index in [2.05, 4.69) is 10.6 Å². The lowest BCUT2D eigenvalue weighted by Gasteiger charge is -2.21. The molecule has 1 aromatic carbocycles. The van der Waals surface area contributed by atoms with E-state index in [9.17, 15) is 14.4 Å². The van der Waals surface area contributed by atoms with Gasteiger partial charge in [0.2, 0.25) is 5.91 Å². The summed E-state index contributed by atoms with van der Waals surface area (Å²) in [6, 6.07) is 4.28. The maximum atomic E-state index is 12.9. The number of amides is 2. The van der Waals surface area contributed by atoms with Crippen LogP contribution < -0.4 is 20.1 Å². The third-order valence-corrected chi connectivity index (χ3v) is 4.44. The van der Waals surface area contributed by atoms with E-state index in [1.54, 1.807) is 43.7 Å². The van der Waals surface area contributed by atoms with Crippen LogP contribution in [-0.2, 0) is 16.6 Å². The maximum absolute atomic E-state index is 12.9. The largest absolute Gasteiger partial charge is 0.496 e. The van der Waals surface area contributed by atoms with E-state index >= 15 is 0 Å². The van der Waals surface area contributed by atoms with E-state index in [4.69, 9.17) is 14.6 Å². The standard InChI is InChI=1S/C19H25N3O6/c1-10(2)16(19(26)20-9-15(23)24)21-18(25)12-8-11-13(27-4)6-7-14(28-5)17(11)22(12)3/h6-8,10,16H,9H2,1-5H3,(H,20,26)(H,21,25)(H,23,24). The molecule has 1 atom stereocenters. The van der Waals surface area contributed by atoms with Gasteiger partial charge in [0.15, 0.2) is 0 Å². The van der Waals surface area contributed by atoms with Gasteiger partial charge in [-0.05, 0) is 24.1 Å². The molecule has 1 aromatic heterocycles. The summed E-state index contributed by atoms with van der Waals surface area (Å²) in [5.41, 5.74) is 0.998. The Balaban J connectivity index is 2.37. The van der Waals surface area contributed by atoms with Gasteiger partial charge in [-0.3, -0.25) is 14.4 Å². The normalized spacial score (nSPS) is 11.9. The van der Waals surface area contributed by atoms with Gasteiger partial charge in [0.05, 0.1) is 19.7 Å². The van der Waals surface area contributed by atoms with Crippen LogP contribution in [0.1, 0.15) is 24.3 Å². The second-order valence-electron chi connectivity index (χ2n) is 6.63. The summed E-state index contributed by atoms with van der Waals surface area (Å²) in [4.78, 5) is 35.8. The lowest BCUT2D eigenvalue weighted by molar-refractivity contribution is -0.138. The highest BCUT2D eigenvalue weighted by Gasteiger charge is 2.27. The van der Waals surface area contributed by atoms with Gasteiger partial charge >= 0.3 is 5.97 Å². The second kappa shape index (κ2) is 8.64. The zero-order valence-corrected chi connectivity index (χ0v) is 16.5. The minimum atomic E-state index is -1.16. The Morgan fingerprint density at radius 1 is 1.14 bits per heavy atom. The zero-order valence-electron chi connectivity index (χ0n) is 16.5. The molecule has 0 bridgehead atoms. The molecule has 1 heterocycles. The number of carbonyl (C=O) groups is 3. The first-order valence-corrected chi connectivity index (χ1v) is 8.72. The fraction of sp³-hybridized carbons (Fsp3) is 0.421. The minimum Gasteiger partial charge on any atom is -0.496 e. The van der Waals surface area contributed by atoms with Crippen LogP contribution >= 0.6 is 0 Å². The summed E-state index contributed by atoms with van der Waals surface area (Å²) < 4.78 is 12.4. The highest BCUT2D eigenvalue weighted by atomic mass is 16.5. The van der Waals surface area contributed by atoms with Gasteiger partial charge in [-0.1, -0.05) is 13.8 Å². The van der Waals surface area contributed by atoms with Gasteiger partial charge in [0.1, 0.15) is 29.8 Å². The number of carboxylic acids is 1. The summed E-state index contributed by atoms with van der Waals surface area (Å²) in [6.45, 7) is 3.01. The number of aromatic nitrogens is 1. The molecule has 1 unspecified atom stereocenters. The molecule has 152 valence electrons. The molecule has 0 radical (unpaired) electrons. The highest BCUT2D eigenvalue weighted by molar-refractivity contribution is 6.03. The van der Waals surface area contributed by atoms with Crippen LogP contribution in [-0.4, -0.2) is 54.3 Å². The average molecular weight is 391 g/mol. The Labute approximate surface area is 162 Å². The quantitative estimate of drug-likeness (QED) is 0.621. The van der Waals surface area contributed by atoms with Crippen molar-refractivity contribution < 1.29 is 29.0 Å². The van der Waals surface area contributed by atoms with Gasteiger partial charge in [-0.15, -0.1) is 0 Å². The second-order valence-corrected chi connectivity index (χ2v) is 6.63. The van der Waals surface area contributed by atoms with Crippen LogP contribution in [0.4, 0.5) is 0 Å². The number of fused-ring (bicyclic) bond motifs is 1. The topological polar surface area (TPSA) is 119 Å². The summed E-state index contributed by atoms with van der Waals surface area (Å²) >= 11 is 0. The Bertz CT molecular complexity index is 903. The Morgan fingerprint density at radius 2 is 1.75 bits per heavy atom. The number of ether oxygens (including phenoxy) is 2. The molecule has 0 saturated carbocycles. The molecular formula is C19H25N3O6. The molecule has 2 aromatic rings. The van der Waals surface area contributed by atoms with Crippen LogP contribution in [0.3, 0.4) is 0 Å². The predicted molar refractivity (Wildman–Crippen MR) is 103 cm³/mol. The molecule has 0 aliphatic heterocycles. The van der Waals surface area contributed by atoms with E-state index in [0.29, 0.717) is 28.1 Å². The fourth-order valence-electron chi connectivity index (χ4n) is 2.99. The van der Waals surface area contributed by atoms with Gasteiger partial charge in [0.25, 0.3) is 5.91 Å². The van der Waals surface area contributed by atoms with E-state index in [0.717, 1.165) is 0 Å². The summed E-state index contributed by atoms with van der Waals surface area (Å²) in [5, 5.41) is 14.4. The number of carbonyl (C=O) groups excluding carboxylic acids is 2. The van der Waals surface area contributed by atoms with Crippen LogP contribution in [0.5, 0.6) is 11.5 Å². The summed E-state index contributed by atoms with van der Waals surface area (Å²) in [5.74, 6) is -1.25. The molecule has 0 spiro atoms. The molecule has 0 aliphatic rings. The summed E-state index contributed by atoms with van der Waals surface area (Å²) in [7, 11) is 4.79. The third-order valence-electron chi connectivity index (χ3n) is 4.44. The predicted octanol–water partition coefficient (Wildman–Crippen LogP) is 1.15. The first-order chi connectivity index (χ1) is 13.2. The van der Waals surface area contributed by atoms with Crippen molar-refractivity contribution >= 4 is 28.7 Å². The zero-order chi connectivity index (χ0) is 21.0. The fourth-order valence-corrected chi connectivity index (χ4v) is 2.99. The number of rotatable bonds is 8. The van der Waals surface area contributed by atoms with Gasteiger partial charge in [-0.25, -0.2) is 0 Å². The van der Waals surface area contributed by atoms with Crippen molar-refractivity contribution in [3.8, 4) is 11.5 Å². The van der Waals surface area contributed by atoms with Crippen LogP contribution in [0.25, 0.3) is 10.9 Å². The van der Waals surface area contributed by atoms with E-state index in [1.165, 1.54) is 14.2 Å². The van der Waals surface area contributed by atoms with Crippen molar-refractivity contribution in [1.29, 1.82) is 0 Å². The first kappa shape index (κ1) is 21.1. The Hall–Kier alpha value is -3.23. The Morgan fingerprint density at radius 3 is 2.29 bits per heavy atom. The van der Waals surface area contributed by atoms with Gasteiger partial charge in [0, 0.05) is 12.4 Å². The first-order valence-electron chi connectivity index (χ1n) is 8.72. The molecule has 28 heavy (non-hydrogen) atoms. The molecule has 9 heteroatoms. The molecule has 0 aliphatic carbocycles. The Kier molecular flexibility index (Phi) is 6.50. The van der Waals surface area contributed by atoms with Gasteiger partial charge < -0.3 is 29.8 Å². The molecular weight excluding hydrogens is 366 g/mol. The number of hydrogen-bond acceptors (Lipinski definition) is 5. The van der Waals surface area contributed by atoms with E-state index in [1.807, 2.05) is 0 Å². The molecule has 0 saturated heterocycles. The molecule has 0 fully saturated rings. The number of aryl methyl sites for hydroxylation is 1. The smallest absolute Gasteiger partial charge is 0.322 e. The van der Waals surface area contributed by atoms with Crippen molar-refractivity contribution in [2.45, 2.75) is 19.9 Å². The van der Waals surface area contributed by atoms with Crippen LogP contribution in [0, 0.1) is 5.92 Å². The number of hydrogen-bond donors (Lipinski definition) is 3. The maximum Gasteiger partial charge on any atom is 0.322 e. The van der Waals surface area contributed by atoms with Crippen LogP contribution in [0.15, 0.2) is 18.2 Å². The van der Waals surface area contributed by atoms with E-state index in [-0.39, 0.29) is 5.92 Å². The molecule has 9 nitrogen and oxygen atoms in total. The van der Waals surface area contributed by atoms with Crippen LogP contribution in [0.2, 0.25) is 0 Å². The third kappa shape index (κ3) is 4.19. The van der Waals surface area contributed by atoms with Crippen molar-refractivity contribution in [3.63, 3.8) is 0 Å². The monoisotopic (exact) mass is 391 g/mol. The molecule has 2 amide bonds. The molecule has 2 rings (SSSR count). The highest BCUT2D eigenvalue weighted by Crippen LogP contribution is 2.35. The number of nitrogens with one attached hydrogen (secondary N) is 2. The van der Waals surface area contributed by atoms with Crippen molar-refractivity contribution in [2.75, 3.05) is 20.8 Å². The molecule has 3 N–H and O–H groups in total. The number of carboxylic acid groups (broad SMARTS) is 1. The van der Waals surface area contributed by atoms with E-state index < -0.39 is 30.4 Å². The van der Waals surface area contributed by atoms with Crippen molar-refractivity contribution in [2.24, 2.45) is 13.0 Å². The lowest BCUT2D eigenvalue weighted by atomic mass is 10.0. The van der Waals surface area contributed by atoms with Gasteiger partial charge in [-0.2, -0.15) is 0 Å².